The van der Waals surface area contributed by atoms with Gasteiger partial charge in [-0.05, 0) is 24.6 Å². The van der Waals surface area contributed by atoms with Crippen LogP contribution in [0.15, 0.2) is 49.6 Å². The molecule has 0 fully saturated rings. The van der Waals surface area contributed by atoms with E-state index < -0.39 is 0 Å². The Hall–Kier alpha value is -1.87. The van der Waals surface area contributed by atoms with Crippen LogP contribution in [-0.4, -0.2) is 30.4 Å². The van der Waals surface area contributed by atoms with Gasteiger partial charge < -0.3 is 5.32 Å². The molecule has 0 spiro atoms. The summed E-state index contributed by atoms with van der Waals surface area (Å²) >= 11 is 0. The Morgan fingerprint density at radius 1 is 1.33 bits per heavy atom. The second-order valence-electron chi connectivity index (χ2n) is 4.19. The molecule has 0 radical (unpaired) electrons. The Morgan fingerprint density at radius 3 is 2.56 bits per heavy atom. The number of anilines is 1. The molecular weight excluding hydrogens is 224 g/mol. The summed E-state index contributed by atoms with van der Waals surface area (Å²) in [5.41, 5.74) is 1.96. The van der Waals surface area contributed by atoms with Crippen LogP contribution >= 0.6 is 0 Å². The van der Waals surface area contributed by atoms with Gasteiger partial charge in [-0.2, -0.15) is 0 Å². The van der Waals surface area contributed by atoms with Gasteiger partial charge in [-0.1, -0.05) is 24.3 Å². The van der Waals surface area contributed by atoms with E-state index in [4.69, 9.17) is 0 Å². The lowest BCUT2D eigenvalue weighted by Gasteiger charge is -2.18. The molecule has 0 atom stereocenters. The number of nitrogens with one attached hydrogen (secondary N) is 1. The van der Waals surface area contributed by atoms with Crippen molar-refractivity contribution in [2.45, 2.75) is 6.92 Å². The van der Waals surface area contributed by atoms with Crippen LogP contribution in [0.4, 0.5) is 5.69 Å². The molecule has 18 heavy (non-hydrogen) atoms. The Bertz CT molecular complexity index is 416. The summed E-state index contributed by atoms with van der Waals surface area (Å²) in [5.74, 6) is -0.0238. The maximum Gasteiger partial charge on any atom is 0.238 e. The van der Waals surface area contributed by atoms with Crippen molar-refractivity contribution < 1.29 is 4.79 Å². The average molecular weight is 244 g/mol. The van der Waals surface area contributed by atoms with Crippen LogP contribution in [0.3, 0.4) is 0 Å². The van der Waals surface area contributed by atoms with Gasteiger partial charge in [0.25, 0.3) is 0 Å². The minimum atomic E-state index is -0.0238. The van der Waals surface area contributed by atoms with Crippen molar-refractivity contribution in [2.75, 3.05) is 25.0 Å². The van der Waals surface area contributed by atoms with Crippen molar-refractivity contribution in [3.8, 4) is 0 Å². The zero-order chi connectivity index (χ0) is 13.4. The van der Waals surface area contributed by atoms with E-state index in [1.54, 1.807) is 12.2 Å². The second-order valence-corrected chi connectivity index (χ2v) is 4.19. The Kier molecular flexibility index (Phi) is 5.88. The van der Waals surface area contributed by atoms with Crippen LogP contribution in [0.1, 0.15) is 5.56 Å². The van der Waals surface area contributed by atoms with Gasteiger partial charge in [0.15, 0.2) is 0 Å². The highest BCUT2D eigenvalue weighted by Gasteiger charge is 2.08. The molecule has 1 aromatic rings. The predicted octanol–water partition coefficient (Wildman–Crippen LogP) is 2.61. The molecule has 0 unspecified atom stereocenters. The highest BCUT2D eigenvalue weighted by molar-refractivity contribution is 5.92. The van der Waals surface area contributed by atoms with Crippen molar-refractivity contribution in [3.05, 3.63) is 55.1 Å². The maximum absolute atomic E-state index is 11.9. The highest BCUT2D eigenvalue weighted by Crippen LogP contribution is 2.09. The molecule has 1 amide bonds. The second kappa shape index (κ2) is 7.45. The van der Waals surface area contributed by atoms with Crippen LogP contribution in [-0.2, 0) is 4.79 Å². The van der Waals surface area contributed by atoms with Gasteiger partial charge >= 0.3 is 0 Å². The van der Waals surface area contributed by atoms with Gasteiger partial charge in [0.1, 0.15) is 0 Å². The smallest absolute Gasteiger partial charge is 0.238 e. The molecule has 3 heteroatoms. The lowest BCUT2D eigenvalue weighted by Crippen LogP contribution is -2.33. The topological polar surface area (TPSA) is 32.3 Å². The standard InChI is InChI=1S/C15H20N2O/c1-4-9-17(10-5-2)12-15(18)16-14-8-6-7-13(3)11-14/h4-8,11H,1-2,9-10,12H2,3H3,(H,16,18). The first-order chi connectivity index (χ1) is 8.65. The Labute approximate surface area is 109 Å². The normalized spacial score (nSPS) is 10.1. The third kappa shape index (κ3) is 4.97. The van der Waals surface area contributed by atoms with E-state index in [1.807, 2.05) is 36.1 Å². The number of hydrogen-bond donors (Lipinski definition) is 1. The fourth-order valence-electron chi connectivity index (χ4n) is 1.70. The number of carbonyl (C=O) groups is 1. The summed E-state index contributed by atoms with van der Waals surface area (Å²) in [5, 5.41) is 2.88. The van der Waals surface area contributed by atoms with Gasteiger partial charge in [-0.25, -0.2) is 0 Å². The van der Waals surface area contributed by atoms with E-state index in [2.05, 4.69) is 18.5 Å². The monoisotopic (exact) mass is 244 g/mol. The number of benzene rings is 1. The van der Waals surface area contributed by atoms with Crippen LogP contribution in [0.5, 0.6) is 0 Å². The molecule has 0 saturated heterocycles. The molecule has 0 aromatic heterocycles. The highest BCUT2D eigenvalue weighted by atomic mass is 16.2. The first kappa shape index (κ1) is 14.2. The molecule has 0 aliphatic carbocycles. The number of hydrogen-bond acceptors (Lipinski definition) is 2. The molecule has 96 valence electrons. The quantitative estimate of drug-likeness (QED) is 0.748. The van der Waals surface area contributed by atoms with E-state index in [1.165, 1.54) is 0 Å². The summed E-state index contributed by atoms with van der Waals surface area (Å²) in [7, 11) is 0. The largest absolute Gasteiger partial charge is 0.325 e. The van der Waals surface area contributed by atoms with E-state index in [9.17, 15) is 4.79 Å². The van der Waals surface area contributed by atoms with Gasteiger partial charge in [-0.3, -0.25) is 9.69 Å². The summed E-state index contributed by atoms with van der Waals surface area (Å²) in [6, 6.07) is 7.76. The summed E-state index contributed by atoms with van der Waals surface area (Å²) in [4.78, 5) is 13.8. The van der Waals surface area contributed by atoms with Gasteiger partial charge in [0, 0.05) is 18.8 Å². The molecule has 0 aliphatic heterocycles. The summed E-state index contributed by atoms with van der Waals surface area (Å²) < 4.78 is 0. The molecule has 1 aromatic carbocycles. The Morgan fingerprint density at radius 2 is 2.00 bits per heavy atom. The minimum absolute atomic E-state index is 0.0238. The van der Waals surface area contributed by atoms with Crippen LogP contribution in [0, 0.1) is 6.92 Å². The van der Waals surface area contributed by atoms with E-state index in [-0.39, 0.29) is 5.91 Å². The molecule has 0 saturated carbocycles. The van der Waals surface area contributed by atoms with Crippen molar-refractivity contribution >= 4 is 11.6 Å². The number of aryl methyl sites for hydroxylation is 1. The maximum atomic E-state index is 11.9. The molecule has 0 aliphatic rings. The zero-order valence-electron chi connectivity index (χ0n) is 10.9. The van der Waals surface area contributed by atoms with Crippen molar-refractivity contribution in [1.29, 1.82) is 0 Å². The van der Waals surface area contributed by atoms with Crippen LogP contribution < -0.4 is 5.32 Å². The van der Waals surface area contributed by atoms with Gasteiger partial charge in [0.2, 0.25) is 5.91 Å². The van der Waals surface area contributed by atoms with Crippen molar-refractivity contribution in [2.24, 2.45) is 0 Å². The SMILES string of the molecule is C=CCN(CC=C)CC(=O)Nc1cccc(C)c1. The fourth-order valence-corrected chi connectivity index (χ4v) is 1.70. The third-order valence-corrected chi connectivity index (χ3v) is 2.44. The lowest BCUT2D eigenvalue weighted by molar-refractivity contribution is -0.117. The van der Waals surface area contributed by atoms with Crippen LogP contribution in [0.25, 0.3) is 0 Å². The molecular formula is C15H20N2O. The fraction of sp³-hybridized carbons (Fsp3) is 0.267. The summed E-state index contributed by atoms with van der Waals surface area (Å²) in [6.07, 6.45) is 3.56. The number of amides is 1. The average Bonchev–Trinajstić information content (AvgIpc) is 2.29. The van der Waals surface area contributed by atoms with Gasteiger partial charge in [0.05, 0.1) is 6.54 Å². The van der Waals surface area contributed by atoms with E-state index >= 15 is 0 Å². The molecule has 1 rings (SSSR count). The number of nitrogens with zero attached hydrogens (tertiary/aromatic N) is 1. The molecule has 0 heterocycles. The van der Waals surface area contributed by atoms with Gasteiger partial charge in [-0.15, -0.1) is 13.2 Å². The lowest BCUT2D eigenvalue weighted by atomic mass is 10.2. The number of carbonyl (C=O) groups excluding carboxylic acids is 1. The van der Waals surface area contributed by atoms with Crippen molar-refractivity contribution in [1.82, 2.24) is 4.90 Å². The predicted molar refractivity (Wildman–Crippen MR) is 76.6 cm³/mol. The summed E-state index contributed by atoms with van der Waals surface area (Å²) in [6.45, 7) is 11.0. The molecule has 0 bridgehead atoms. The van der Waals surface area contributed by atoms with E-state index in [0.29, 0.717) is 19.6 Å². The number of rotatable bonds is 7. The first-order valence-electron chi connectivity index (χ1n) is 5.96. The minimum Gasteiger partial charge on any atom is -0.325 e. The molecule has 1 N–H and O–H groups in total. The Balaban J connectivity index is 2.54. The zero-order valence-corrected chi connectivity index (χ0v) is 10.9. The van der Waals surface area contributed by atoms with E-state index in [0.717, 1.165) is 11.3 Å². The van der Waals surface area contributed by atoms with Crippen molar-refractivity contribution in [3.63, 3.8) is 0 Å². The third-order valence-electron chi connectivity index (χ3n) is 2.44. The first-order valence-corrected chi connectivity index (χ1v) is 5.96. The van der Waals surface area contributed by atoms with Crippen LogP contribution in [0.2, 0.25) is 0 Å². The molecule has 3 nitrogen and oxygen atoms in total.